The van der Waals surface area contributed by atoms with E-state index in [0.29, 0.717) is 0 Å². The van der Waals surface area contributed by atoms with E-state index in [1.165, 1.54) is 0 Å². The van der Waals surface area contributed by atoms with Crippen molar-refractivity contribution in [3.63, 3.8) is 0 Å². The lowest BCUT2D eigenvalue weighted by atomic mass is 9.98. The summed E-state index contributed by atoms with van der Waals surface area (Å²) in [5.74, 6) is -1.32. The monoisotopic (exact) mass is 396 g/mol. The molecule has 0 radical (unpaired) electrons. The highest BCUT2D eigenvalue weighted by molar-refractivity contribution is 5.79. The number of nitrogens with one attached hydrogen (secondary N) is 2. The number of aliphatic carboxylic acids is 1. The molecule has 1 atom stereocenters. The fourth-order valence-corrected chi connectivity index (χ4v) is 3.59. The van der Waals surface area contributed by atoms with Crippen molar-refractivity contribution >= 4 is 18.0 Å². The SMILES string of the molecule is C[C@@H](CC(=O)O)NC(=O)CCNC(=O)OCC1c2ccccc2-c2ccccc21. The molecule has 1 aliphatic rings. The molecule has 2 aromatic carbocycles. The number of amides is 2. The molecule has 3 N–H and O–H groups in total. The van der Waals surface area contributed by atoms with E-state index in [2.05, 4.69) is 22.8 Å². The van der Waals surface area contributed by atoms with Gasteiger partial charge in [-0.05, 0) is 29.2 Å². The lowest BCUT2D eigenvalue weighted by molar-refractivity contribution is -0.137. The van der Waals surface area contributed by atoms with E-state index < -0.39 is 18.1 Å². The van der Waals surface area contributed by atoms with Crippen molar-refractivity contribution in [1.29, 1.82) is 0 Å². The smallest absolute Gasteiger partial charge is 0.407 e. The maximum Gasteiger partial charge on any atom is 0.407 e. The minimum Gasteiger partial charge on any atom is -0.481 e. The Hall–Kier alpha value is -3.35. The van der Waals surface area contributed by atoms with Gasteiger partial charge in [0, 0.05) is 24.9 Å². The second kappa shape index (κ2) is 9.23. The third kappa shape index (κ3) is 5.13. The first kappa shape index (κ1) is 20.4. The summed E-state index contributed by atoms with van der Waals surface area (Å²) in [6.07, 6.45) is -0.682. The third-order valence-electron chi connectivity index (χ3n) is 4.85. The molecule has 152 valence electrons. The molecule has 0 bridgehead atoms. The van der Waals surface area contributed by atoms with E-state index in [0.717, 1.165) is 22.3 Å². The van der Waals surface area contributed by atoms with Gasteiger partial charge in [-0.25, -0.2) is 4.79 Å². The van der Waals surface area contributed by atoms with E-state index in [4.69, 9.17) is 9.84 Å². The Balaban J connectivity index is 1.47. The van der Waals surface area contributed by atoms with Gasteiger partial charge in [0.25, 0.3) is 0 Å². The zero-order valence-corrected chi connectivity index (χ0v) is 16.2. The Morgan fingerprint density at radius 3 is 2.21 bits per heavy atom. The molecule has 29 heavy (non-hydrogen) atoms. The van der Waals surface area contributed by atoms with Gasteiger partial charge in [-0.15, -0.1) is 0 Å². The summed E-state index contributed by atoms with van der Waals surface area (Å²) in [6, 6.07) is 15.7. The molecule has 0 saturated carbocycles. The number of carboxylic acid groups (broad SMARTS) is 1. The summed E-state index contributed by atoms with van der Waals surface area (Å²) >= 11 is 0. The van der Waals surface area contributed by atoms with Gasteiger partial charge in [0.05, 0.1) is 6.42 Å². The third-order valence-corrected chi connectivity index (χ3v) is 4.85. The molecule has 7 heteroatoms. The quantitative estimate of drug-likeness (QED) is 0.636. The summed E-state index contributed by atoms with van der Waals surface area (Å²) < 4.78 is 5.40. The van der Waals surface area contributed by atoms with Crippen LogP contribution in [0.25, 0.3) is 11.1 Å². The summed E-state index contributed by atoms with van der Waals surface area (Å²) in [7, 11) is 0. The zero-order valence-electron chi connectivity index (χ0n) is 16.2. The van der Waals surface area contributed by atoms with Crippen LogP contribution >= 0.6 is 0 Å². The van der Waals surface area contributed by atoms with Crippen molar-refractivity contribution < 1.29 is 24.2 Å². The van der Waals surface area contributed by atoms with E-state index >= 15 is 0 Å². The summed E-state index contributed by atoms with van der Waals surface area (Å²) in [6.45, 7) is 1.94. The molecule has 0 aromatic heterocycles. The van der Waals surface area contributed by atoms with Crippen molar-refractivity contribution in [3.8, 4) is 11.1 Å². The largest absolute Gasteiger partial charge is 0.481 e. The number of benzene rings is 2. The first-order chi connectivity index (χ1) is 14.0. The van der Waals surface area contributed by atoms with Crippen molar-refractivity contribution in [3.05, 3.63) is 59.7 Å². The van der Waals surface area contributed by atoms with Crippen molar-refractivity contribution in [2.45, 2.75) is 31.7 Å². The maximum absolute atomic E-state index is 12.0. The average Bonchev–Trinajstić information content (AvgIpc) is 2.99. The topological polar surface area (TPSA) is 105 Å². The van der Waals surface area contributed by atoms with Gasteiger partial charge in [-0.3, -0.25) is 9.59 Å². The normalized spacial score (nSPS) is 13.1. The standard InChI is InChI=1S/C22H24N2O5/c1-14(12-21(26)27)24-20(25)10-11-23-22(28)29-13-19-17-8-4-2-6-15(17)16-7-3-5-9-18(16)19/h2-9,14,19H,10-13H2,1H3,(H,23,28)(H,24,25)(H,26,27)/t14-/m0/s1. The Labute approximate surface area is 169 Å². The molecule has 0 saturated heterocycles. The fourth-order valence-electron chi connectivity index (χ4n) is 3.59. The van der Waals surface area contributed by atoms with E-state index in [1.54, 1.807) is 6.92 Å². The van der Waals surface area contributed by atoms with Crippen molar-refractivity contribution in [2.75, 3.05) is 13.2 Å². The molecule has 0 unspecified atom stereocenters. The van der Waals surface area contributed by atoms with E-state index in [-0.39, 0.29) is 37.8 Å². The van der Waals surface area contributed by atoms with Gasteiger partial charge in [-0.1, -0.05) is 48.5 Å². The molecular formula is C22H24N2O5. The summed E-state index contributed by atoms with van der Waals surface area (Å²) in [4.78, 5) is 34.4. The molecule has 0 spiro atoms. The van der Waals surface area contributed by atoms with E-state index in [9.17, 15) is 14.4 Å². The molecule has 2 aromatic rings. The number of fused-ring (bicyclic) bond motifs is 3. The van der Waals surface area contributed by atoms with Crippen LogP contribution in [0.2, 0.25) is 0 Å². The number of hydrogen-bond donors (Lipinski definition) is 3. The number of alkyl carbamates (subject to hydrolysis) is 1. The second-order valence-electron chi connectivity index (χ2n) is 7.07. The predicted octanol–water partition coefficient (Wildman–Crippen LogP) is 2.89. The average molecular weight is 396 g/mol. The molecule has 0 aliphatic heterocycles. The number of carbonyl (C=O) groups is 3. The highest BCUT2D eigenvalue weighted by Gasteiger charge is 2.28. The van der Waals surface area contributed by atoms with Crippen LogP contribution in [-0.2, 0) is 14.3 Å². The molecule has 1 aliphatic carbocycles. The van der Waals surface area contributed by atoms with Crippen LogP contribution < -0.4 is 10.6 Å². The summed E-state index contributed by atoms with van der Waals surface area (Å²) in [5.41, 5.74) is 4.58. The number of carboxylic acids is 1. The molecule has 0 fully saturated rings. The Bertz CT molecular complexity index is 866. The molecule has 3 rings (SSSR count). The van der Waals surface area contributed by atoms with Gasteiger partial charge in [-0.2, -0.15) is 0 Å². The summed E-state index contributed by atoms with van der Waals surface area (Å²) in [5, 5.41) is 13.8. The van der Waals surface area contributed by atoms with Gasteiger partial charge >= 0.3 is 12.1 Å². The highest BCUT2D eigenvalue weighted by Crippen LogP contribution is 2.44. The van der Waals surface area contributed by atoms with Gasteiger partial charge in [0.2, 0.25) is 5.91 Å². The van der Waals surface area contributed by atoms with Crippen LogP contribution in [0.1, 0.15) is 36.8 Å². The van der Waals surface area contributed by atoms with Crippen molar-refractivity contribution in [1.82, 2.24) is 10.6 Å². The van der Waals surface area contributed by atoms with Crippen LogP contribution in [0.5, 0.6) is 0 Å². The number of hydrogen-bond acceptors (Lipinski definition) is 4. The number of ether oxygens (including phenoxy) is 1. The fraction of sp³-hybridized carbons (Fsp3) is 0.318. The van der Waals surface area contributed by atoms with E-state index in [1.807, 2.05) is 36.4 Å². The zero-order chi connectivity index (χ0) is 20.8. The Morgan fingerprint density at radius 1 is 1.03 bits per heavy atom. The maximum atomic E-state index is 12.0. The Morgan fingerprint density at radius 2 is 1.62 bits per heavy atom. The van der Waals surface area contributed by atoms with Crippen LogP contribution in [-0.4, -0.2) is 42.3 Å². The number of carbonyl (C=O) groups excluding carboxylic acids is 2. The van der Waals surface area contributed by atoms with Gasteiger partial charge < -0.3 is 20.5 Å². The van der Waals surface area contributed by atoms with Crippen molar-refractivity contribution in [2.24, 2.45) is 0 Å². The Kier molecular flexibility index (Phi) is 6.49. The van der Waals surface area contributed by atoms with Crippen LogP contribution in [0.3, 0.4) is 0 Å². The molecular weight excluding hydrogens is 372 g/mol. The predicted molar refractivity (Wildman–Crippen MR) is 108 cm³/mol. The van der Waals surface area contributed by atoms with Crippen LogP contribution in [0.15, 0.2) is 48.5 Å². The van der Waals surface area contributed by atoms with Gasteiger partial charge in [0.15, 0.2) is 0 Å². The highest BCUT2D eigenvalue weighted by atomic mass is 16.5. The lowest BCUT2D eigenvalue weighted by Crippen LogP contribution is -2.36. The lowest BCUT2D eigenvalue weighted by Gasteiger charge is -2.15. The van der Waals surface area contributed by atoms with Crippen LogP contribution in [0.4, 0.5) is 4.79 Å². The molecule has 2 amide bonds. The van der Waals surface area contributed by atoms with Gasteiger partial charge in [0.1, 0.15) is 6.61 Å². The van der Waals surface area contributed by atoms with Crippen LogP contribution in [0, 0.1) is 0 Å². The molecule has 7 nitrogen and oxygen atoms in total. The first-order valence-corrected chi connectivity index (χ1v) is 9.55. The second-order valence-corrected chi connectivity index (χ2v) is 7.07. The molecule has 0 heterocycles. The minimum absolute atomic E-state index is 0.0201. The number of rotatable bonds is 8. The first-order valence-electron chi connectivity index (χ1n) is 9.55. The minimum atomic E-state index is -0.977.